The average Bonchev–Trinajstić information content (AvgIpc) is 2.55. The van der Waals surface area contributed by atoms with Crippen LogP contribution < -0.4 is 9.64 Å². The molecule has 0 N–H and O–H groups in total. The minimum Gasteiger partial charge on any atom is -0.472 e. The van der Waals surface area contributed by atoms with Gasteiger partial charge in [0.25, 0.3) is 0 Å². The van der Waals surface area contributed by atoms with E-state index in [1.165, 1.54) is 27.6 Å². The molecule has 0 saturated heterocycles. The summed E-state index contributed by atoms with van der Waals surface area (Å²) in [5, 5.41) is 2.44. The van der Waals surface area contributed by atoms with Crippen LogP contribution in [-0.2, 0) is 6.54 Å². The van der Waals surface area contributed by atoms with Crippen LogP contribution in [0.4, 0.5) is 5.69 Å². The van der Waals surface area contributed by atoms with E-state index in [9.17, 15) is 0 Å². The van der Waals surface area contributed by atoms with Gasteiger partial charge in [-0.15, -0.1) is 0 Å². The summed E-state index contributed by atoms with van der Waals surface area (Å²) in [5.41, 5.74) is 3.74. The van der Waals surface area contributed by atoms with Crippen LogP contribution in [0.2, 0.25) is 0 Å². The summed E-state index contributed by atoms with van der Waals surface area (Å²) >= 11 is 0. The van der Waals surface area contributed by atoms with Crippen molar-refractivity contribution in [3.05, 3.63) is 71.8 Å². The topological polar surface area (TPSA) is 12.5 Å². The van der Waals surface area contributed by atoms with Crippen molar-refractivity contribution < 1.29 is 4.74 Å². The van der Waals surface area contributed by atoms with E-state index in [-0.39, 0.29) is 0 Å². The second-order valence-corrected chi connectivity index (χ2v) is 5.58. The molecule has 1 heterocycles. The van der Waals surface area contributed by atoms with Gasteiger partial charge in [0.1, 0.15) is 5.75 Å². The van der Waals surface area contributed by atoms with Gasteiger partial charge in [0.15, 0.2) is 6.73 Å². The zero-order valence-corrected chi connectivity index (χ0v) is 12.0. The molecule has 1 aliphatic heterocycles. The standard InChI is InChI=1S/C19H17NO/c1-14-6-10-17(11-7-14)20-12-16-9-8-15-4-2-3-5-18(15)19(16)21-13-20/h2-11H,12-13H2,1H3. The van der Waals surface area contributed by atoms with Crippen LogP contribution in [0.25, 0.3) is 10.8 Å². The van der Waals surface area contributed by atoms with Crippen molar-refractivity contribution in [2.75, 3.05) is 11.6 Å². The maximum Gasteiger partial charge on any atom is 0.161 e. The first kappa shape index (κ1) is 12.3. The molecule has 1 aliphatic rings. The molecule has 2 heteroatoms. The van der Waals surface area contributed by atoms with Crippen molar-refractivity contribution in [1.82, 2.24) is 0 Å². The Balaban J connectivity index is 1.72. The van der Waals surface area contributed by atoms with Crippen molar-refractivity contribution in [2.24, 2.45) is 0 Å². The van der Waals surface area contributed by atoms with Gasteiger partial charge >= 0.3 is 0 Å². The van der Waals surface area contributed by atoms with Crippen LogP contribution in [0.5, 0.6) is 5.75 Å². The average molecular weight is 275 g/mol. The third-order valence-corrected chi connectivity index (χ3v) is 4.09. The Kier molecular flexibility index (Phi) is 2.81. The van der Waals surface area contributed by atoms with Crippen LogP contribution in [0.1, 0.15) is 11.1 Å². The van der Waals surface area contributed by atoms with E-state index < -0.39 is 0 Å². The smallest absolute Gasteiger partial charge is 0.161 e. The second-order valence-electron chi connectivity index (χ2n) is 5.58. The van der Waals surface area contributed by atoms with Gasteiger partial charge in [-0.05, 0) is 24.4 Å². The lowest BCUT2D eigenvalue weighted by molar-refractivity contribution is 0.293. The number of fused-ring (bicyclic) bond motifs is 3. The van der Waals surface area contributed by atoms with E-state index in [0.717, 1.165) is 12.3 Å². The van der Waals surface area contributed by atoms with Crippen molar-refractivity contribution >= 4 is 16.5 Å². The molecule has 0 bridgehead atoms. The molecular weight excluding hydrogens is 258 g/mol. The first-order valence-corrected chi connectivity index (χ1v) is 7.26. The van der Waals surface area contributed by atoms with E-state index in [4.69, 9.17) is 4.74 Å². The number of benzene rings is 3. The van der Waals surface area contributed by atoms with Crippen LogP contribution in [0, 0.1) is 6.92 Å². The largest absolute Gasteiger partial charge is 0.472 e. The zero-order valence-electron chi connectivity index (χ0n) is 12.0. The Bertz CT molecular complexity index is 792. The molecule has 0 unspecified atom stereocenters. The molecule has 0 aliphatic carbocycles. The van der Waals surface area contributed by atoms with Gasteiger partial charge in [0, 0.05) is 23.2 Å². The third-order valence-electron chi connectivity index (χ3n) is 4.09. The third kappa shape index (κ3) is 2.13. The highest BCUT2D eigenvalue weighted by Crippen LogP contribution is 2.34. The van der Waals surface area contributed by atoms with Gasteiger partial charge in [-0.25, -0.2) is 0 Å². The Morgan fingerprint density at radius 3 is 2.57 bits per heavy atom. The number of aryl methyl sites for hydroxylation is 1. The highest BCUT2D eigenvalue weighted by Gasteiger charge is 2.19. The fraction of sp³-hybridized carbons (Fsp3) is 0.158. The Labute approximate surface area is 124 Å². The SMILES string of the molecule is Cc1ccc(N2COc3c(ccc4ccccc34)C2)cc1. The molecule has 0 saturated carbocycles. The minimum absolute atomic E-state index is 0.601. The lowest BCUT2D eigenvalue weighted by Crippen LogP contribution is -2.31. The fourth-order valence-corrected chi connectivity index (χ4v) is 2.90. The highest BCUT2D eigenvalue weighted by molar-refractivity contribution is 5.90. The van der Waals surface area contributed by atoms with E-state index >= 15 is 0 Å². The number of rotatable bonds is 1. The molecule has 21 heavy (non-hydrogen) atoms. The van der Waals surface area contributed by atoms with Crippen LogP contribution in [0.15, 0.2) is 60.7 Å². The molecule has 3 aromatic rings. The molecule has 0 aromatic heterocycles. The molecule has 2 nitrogen and oxygen atoms in total. The van der Waals surface area contributed by atoms with E-state index in [0.29, 0.717) is 6.73 Å². The lowest BCUT2D eigenvalue weighted by atomic mass is 10.0. The Hall–Kier alpha value is -2.48. The van der Waals surface area contributed by atoms with Crippen LogP contribution in [-0.4, -0.2) is 6.73 Å². The van der Waals surface area contributed by atoms with Crippen molar-refractivity contribution in [3.8, 4) is 5.75 Å². The predicted molar refractivity (Wildman–Crippen MR) is 86.8 cm³/mol. The van der Waals surface area contributed by atoms with E-state index in [2.05, 4.69) is 72.5 Å². The highest BCUT2D eigenvalue weighted by atomic mass is 16.5. The lowest BCUT2D eigenvalue weighted by Gasteiger charge is -2.31. The van der Waals surface area contributed by atoms with Gasteiger partial charge in [0.2, 0.25) is 0 Å². The monoisotopic (exact) mass is 275 g/mol. The van der Waals surface area contributed by atoms with E-state index in [1.54, 1.807) is 0 Å². The maximum atomic E-state index is 6.06. The molecule has 0 radical (unpaired) electrons. The Morgan fingerprint density at radius 2 is 1.71 bits per heavy atom. The molecule has 3 aromatic carbocycles. The minimum atomic E-state index is 0.601. The molecular formula is C19H17NO. The van der Waals surface area contributed by atoms with Gasteiger partial charge in [-0.1, -0.05) is 54.1 Å². The summed E-state index contributed by atoms with van der Waals surface area (Å²) in [6.45, 7) is 3.60. The van der Waals surface area contributed by atoms with Gasteiger partial charge in [-0.2, -0.15) is 0 Å². The second kappa shape index (κ2) is 4.81. The van der Waals surface area contributed by atoms with Crippen LogP contribution >= 0.6 is 0 Å². The van der Waals surface area contributed by atoms with Gasteiger partial charge in [0.05, 0.1) is 0 Å². The predicted octanol–water partition coefficient (Wildman–Crippen LogP) is 4.50. The van der Waals surface area contributed by atoms with Crippen molar-refractivity contribution in [1.29, 1.82) is 0 Å². The number of anilines is 1. The molecule has 0 atom stereocenters. The molecule has 0 fully saturated rings. The molecule has 4 rings (SSSR count). The molecule has 0 amide bonds. The first-order valence-electron chi connectivity index (χ1n) is 7.26. The van der Waals surface area contributed by atoms with Gasteiger partial charge < -0.3 is 9.64 Å². The number of nitrogens with zero attached hydrogens (tertiary/aromatic N) is 1. The number of hydrogen-bond acceptors (Lipinski definition) is 2. The van der Waals surface area contributed by atoms with Crippen molar-refractivity contribution in [3.63, 3.8) is 0 Å². The number of ether oxygens (including phenoxy) is 1. The Morgan fingerprint density at radius 1 is 0.905 bits per heavy atom. The summed E-state index contributed by atoms with van der Waals surface area (Å²) < 4.78 is 6.06. The molecule has 104 valence electrons. The zero-order chi connectivity index (χ0) is 14.2. The quantitative estimate of drug-likeness (QED) is 0.648. The summed E-state index contributed by atoms with van der Waals surface area (Å²) in [5.74, 6) is 1.04. The number of hydrogen-bond donors (Lipinski definition) is 0. The normalized spacial score (nSPS) is 13.9. The summed E-state index contributed by atoms with van der Waals surface area (Å²) in [6, 6.07) is 21.4. The van der Waals surface area contributed by atoms with Crippen molar-refractivity contribution in [2.45, 2.75) is 13.5 Å². The fourth-order valence-electron chi connectivity index (χ4n) is 2.90. The van der Waals surface area contributed by atoms with Gasteiger partial charge in [-0.3, -0.25) is 0 Å². The maximum absolute atomic E-state index is 6.06. The summed E-state index contributed by atoms with van der Waals surface area (Å²) in [4.78, 5) is 2.26. The molecule has 0 spiro atoms. The van der Waals surface area contributed by atoms with Crippen LogP contribution in [0.3, 0.4) is 0 Å². The first-order chi connectivity index (χ1) is 10.3. The van der Waals surface area contributed by atoms with E-state index in [1.807, 2.05) is 0 Å². The summed E-state index contributed by atoms with van der Waals surface area (Å²) in [6.07, 6.45) is 0. The summed E-state index contributed by atoms with van der Waals surface area (Å²) in [7, 11) is 0.